The van der Waals surface area contributed by atoms with Crippen LogP contribution in [0.3, 0.4) is 0 Å². The molecule has 34 heavy (non-hydrogen) atoms. The summed E-state index contributed by atoms with van der Waals surface area (Å²) in [5.74, 6) is 1.13. The van der Waals surface area contributed by atoms with Crippen LogP contribution in [0.1, 0.15) is 52.0 Å². The molecule has 5 rings (SSSR count). The quantitative estimate of drug-likeness (QED) is 0.598. The molecule has 2 atom stereocenters. The average Bonchev–Trinajstić information content (AvgIpc) is 3.49. The summed E-state index contributed by atoms with van der Waals surface area (Å²) in [6.45, 7) is 9.23. The van der Waals surface area contributed by atoms with Gasteiger partial charge in [0.25, 0.3) is 5.91 Å². The van der Waals surface area contributed by atoms with Gasteiger partial charge in [-0.1, -0.05) is 12.1 Å². The van der Waals surface area contributed by atoms with Crippen LogP contribution in [0.25, 0.3) is 5.52 Å². The molecule has 2 aliphatic rings. The number of rotatable bonds is 4. The summed E-state index contributed by atoms with van der Waals surface area (Å²) in [4.78, 5) is 34.5. The van der Waals surface area contributed by atoms with Crippen LogP contribution in [0.2, 0.25) is 0 Å². The standard InChI is InChI=1S/C27H33N5O2/c1-18-11-21(14-28-13-18)12-26(33)30-9-4-5-22(16-30)23-8-10-31(17-23)27(34)24-15-29-32-20(3)19(2)6-7-25(24)32/h6-7,11,13-15,22-23H,4-5,8-10,12,16-17H2,1-3H3. The van der Waals surface area contributed by atoms with Crippen LogP contribution in [0, 0.1) is 32.6 Å². The molecule has 7 nitrogen and oxygen atoms in total. The third-order valence-electron chi connectivity index (χ3n) is 7.69. The normalized spacial score (nSPS) is 20.8. The number of amides is 2. The van der Waals surface area contributed by atoms with Gasteiger partial charge in [0.2, 0.25) is 5.91 Å². The number of carbonyl (C=O) groups is 2. The van der Waals surface area contributed by atoms with Gasteiger partial charge in [0.05, 0.1) is 23.7 Å². The first-order chi connectivity index (χ1) is 16.4. The number of nitrogens with zero attached hydrogens (tertiary/aromatic N) is 5. The summed E-state index contributed by atoms with van der Waals surface area (Å²) in [6, 6.07) is 6.08. The highest BCUT2D eigenvalue weighted by Crippen LogP contribution is 2.32. The van der Waals surface area contributed by atoms with Crippen molar-refractivity contribution in [1.82, 2.24) is 24.4 Å². The monoisotopic (exact) mass is 459 g/mol. The lowest BCUT2D eigenvalue weighted by Gasteiger charge is -2.36. The number of fused-ring (bicyclic) bond motifs is 1. The molecule has 0 aromatic carbocycles. The third kappa shape index (κ3) is 4.31. The fourth-order valence-corrected chi connectivity index (χ4v) is 5.59. The molecule has 2 fully saturated rings. The molecule has 7 heteroatoms. The number of likely N-dealkylation sites (tertiary alicyclic amines) is 2. The van der Waals surface area contributed by atoms with Crippen LogP contribution in [0.5, 0.6) is 0 Å². The molecule has 5 heterocycles. The number of aryl methyl sites for hydroxylation is 3. The van der Waals surface area contributed by atoms with Gasteiger partial charge in [0, 0.05) is 44.3 Å². The second-order valence-electron chi connectivity index (χ2n) is 10.0. The lowest BCUT2D eigenvalue weighted by molar-refractivity contribution is -0.132. The maximum Gasteiger partial charge on any atom is 0.257 e. The largest absolute Gasteiger partial charge is 0.342 e. The number of hydrogen-bond acceptors (Lipinski definition) is 4. The lowest BCUT2D eigenvalue weighted by Crippen LogP contribution is -2.43. The van der Waals surface area contributed by atoms with E-state index in [0.717, 1.165) is 73.3 Å². The fourth-order valence-electron chi connectivity index (χ4n) is 5.59. The second-order valence-corrected chi connectivity index (χ2v) is 10.0. The number of aromatic nitrogens is 3. The van der Waals surface area contributed by atoms with Crippen LogP contribution < -0.4 is 0 Å². The van der Waals surface area contributed by atoms with Crippen molar-refractivity contribution >= 4 is 17.3 Å². The van der Waals surface area contributed by atoms with Crippen molar-refractivity contribution < 1.29 is 9.59 Å². The van der Waals surface area contributed by atoms with E-state index in [1.807, 2.05) is 46.5 Å². The summed E-state index contributed by atoms with van der Waals surface area (Å²) >= 11 is 0. The Morgan fingerprint density at radius 1 is 0.971 bits per heavy atom. The first kappa shape index (κ1) is 22.6. The van der Waals surface area contributed by atoms with E-state index in [9.17, 15) is 9.59 Å². The Morgan fingerprint density at radius 3 is 2.59 bits per heavy atom. The van der Waals surface area contributed by atoms with E-state index >= 15 is 0 Å². The third-order valence-corrected chi connectivity index (χ3v) is 7.69. The molecule has 0 bridgehead atoms. The Hall–Kier alpha value is -3.22. The van der Waals surface area contributed by atoms with Crippen LogP contribution in [0.4, 0.5) is 0 Å². The Labute approximate surface area is 200 Å². The van der Waals surface area contributed by atoms with Gasteiger partial charge in [-0.2, -0.15) is 5.10 Å². The maximum absolute atomic E-state index is 13.4. The van der Waals surface area contributed by atoms with Gasteiger partial charge in [-0.05, 0) is 74.6 Å². The highest BCUT2D eigenvalue weighted by atomic mass is 16.2. The van der Waals surface area contributed by atoms with Crippen LogP contribution in [0.15, 0.2) is 36.8 Å². The minimum atomic E-state index is 0.0662. The summed E-state index contributed by atoms with van der Waals surface area (Å²) < 4.78 is 1.87. The molecule has 3 aromatic heterocycles. The SMILES string of the molecule is Cc1cncc(CC(=O)N2CCCC(C3CCN(C(=O)c4cnn5c(C)c(C)ccc45)C3)C2)c1. The predicted molar refractivity (Wildman–Crippen MR) is 131 cm³/mol. The van der Waals surface area contributed by atoms with Crippen LogP contribution in [-0.4, -0.2) is 62.4 Å². The topological polar surface area (TPSA) is 70.8 Å². The molecule has 2 aliphatic heterocycles. The number of carbonyl (C=O) groups excluding carboxylic acids is 2. The van der Waals surface area contributed by atoms with Crippen molar-refractivity contribution in [3.8, 4) is 0 Å². The van der Waals surface area contributed by atoms with Gasteiger partial charge in [-0.15, -0.1) is 0 Å². The smallest absolute Gasteiger partial charge is 0.257 e. The van der Waals surface area contributed by atoms with E-state index in [0.29, 0.717) is 23.8 Å². The molecule has 3 aromatic rings. The Kier molecular flexibility index (Phi) is 6.11. The molecule has 0 saturated carbocycles. The van der Waals surface area contributed by atoms with Gasteiger partial charge in [0.15, 0.2) is 0 Å². The molecule has 2 amide bonds. The van der Waals surface area contributed by atoms with E-state index in [4.69, 9.17) is 0 Å². The van der Waals surface area contributed by atoms with Crippen molar-refractivity contribution in [2.24, 2.45) is 11.8 Å². The average molecular weight is 460 g/mol. The Bertz CT molecular complexity index is 1230. The van der Waals surface area contributed by atoms with Gasteiger partial charge >= 0.3 is 0 Å². The van der Waals surface area contributed by atoms with Crippen molar-refractivity contribution in [2.45, 2.75) is 46.5 Å². The van der Waals surface area contributed by atoms with Crippen LogP contribution >= 0.6 is 0 Å². The van der Waals surface area contributed by atoms with E-state index < -0.39 is 0 Å². The minimum Gasteiger partial charge on any atom is -0.342 e. The van der Waals surface area contributed by atoms with Gasteiger partial charge < -0.3 is 9.80 Å². The second kappa shape index (κ2) is 9.20. The Morgan fingerprint density at radius 2 is 1.76 bits per heavy atom. The molecule has 0 N–H and O–H groups in total. The van der Waals surface area contributed by atoms with Gasteiger partial charge in [-0.25, -0.2) is 4.52 Å². The summed E-state index contributed by atoms with van der Waals surface area (Å²) in [7, 11) is 0. The highest BCUT2D eigenvalue weighted by molar-refractivity contribution is 6.00. The molecule has 2 unspecified atom stereocenters. The number of pyridine rings is 2. The zero-order chi connectivity index (χ0) is 23.8. The molecule has 178 valence electrons. The molecule has 0 aliphatic carbocycles. The van der Waals surface area contributed by atoms with E-state index in [1.54, 1.807) is 12.4 Å². The zero-order valence-corrected chi connectivity index (χ0v) is 20.3. The van der Waals surface area contributed by atoms with Crippen molar-refractivity contribution in [3.05, 3.63) is 64.7 Å². The van der Waals surface area contributed by atoms with Crippen LogP contribution in [-0.2, 0) is 11.2 Å². The predicted octanol–water partition coefficient (Wildman–Crippen LogP) is 3.60. The first-order valence-electron chi connectivity index (χ1n) is 12.3. The summed E-state index contributed by atoms with van der Waals surface area (Å²) in [6.07, 6.45) is 8.86. The number of piperidine rings is 1. The molecule has 0 radical (unpaired) electrons. The molecular weight excluding hydrogens is 426 g/mol. The van der Waals surface area contributed by atoms with Gasteiger partial charge in [0.1, 0.15) is 0 Å². The van der Waals surface area contributed by atoms with E-state index in [2.05, 4.69) is 23.1 Å². The first-order valence-corrected chi connectivity index (χ1v) is 12.3. The Balaban J connectivity index is 1.23. The minimum absolute atomic E-state index is 0.0662. The van der Waals surface area contributed by atoms with Crippen molar-refractivity contribution in [3.63, 3.8) is 0 Å². The molecule has 0 spiro atoms. The summed E-state index contributed by atoms with van der Waals surface area (Å²) in [5.41, 5.74) is 5.82. The highest BCUT2D eigenvalue weighted by Gasteiger charge is 2.36. The molecule has 2 saturated heterocycles. The van der Waals surface area contributed by atoms with Gasteiger partial charge in [-0.3, -0.25) is 14.6 Å². The van der Waals surface area contributed by atoms with Crippen molar-refractivity contribution in [2.75, 3.05) is 26.2 Å². The lowest BCUT2D eigenvalue weighted by atomic mass is 9.84. The number of hydrogen-bond donors (Lipinski definition) is 0. The van der Waals surface area contributed by atoms with E-state index in [-0.39, 0.29) is 11.8 Å². The fraction of sp³-hybridized carbons (Fsp3) is 0.481. The zero-order valence-electron chi connectivity index (χ0n) is 20.3. The maximum atomic E-state index is 13.4. The van der Waals surface area contributed by atoms with E-state index in [1.165, 1.54) is 0 Å². The van der Waals surface area contributed by atoms with Crippen molar-refractivity contribution in [1.29, 1.82) is 0 Å². The molecular formula is C27H33N5O2. The summed E-state index contributed by atoms with van der Waals surface area (Å²) in [5, 5.41) is 4.47.